The van der Waals surface area contributed by atoms with Crippen molar-refractivity contribution in [2.75, 3.05) is 0 Å². The highest BCUT2D eigenvalue weighted by molar-refractivity contribution is 5.81. The Kier molecular flexibility index (Phi) is 3.08. The van der Waals surface area contributed by atoms with Crippen LogP contribution in [0, 0.1) is 5.21 Å². The number of rotatable bonds is 2. The third-order valence-corrected chi connectivity index (χ3v) is 3.08. The molecule has 2 aromatic carbocycles. The summed E-state index contributed by atoms with van der Waals surface area (Å²) < 4.78 is 5.25. The van der Waals surface area contributed by atoms with E-state index in [1.807, 2.05) is 12.1 Å². The Balaban J connectivity index is 2.13. The molecular weight excluding hydrogens is 258 g/mol. The first kappa shape index (κ1) is 12.6. The number of para-hydroxylation sites is 1. The summed E-state index contributed by atoms with van der Waals surface area (Å²) in [5, 5.41) is 19.5. The number of benzene rings is 2. The lowest BCUT2D eigenvalue weighted by Crippen LogP contribution is -2.99. The van der Waals surface area contributed by atoms with Crippen molar-refractivity contribution in [1.82, 2.24) is 0 Å². The van der Waals surface area contributed by atoms with Crippen LogP contribution in [0.25, 0.3) is 22.1 Å². The predicted molar refractivity (Wildman–Crippen MR) is 73.7 cm³/mol. The summed E-state index contributed by atoms with van der Waals surface area (Å²) in [5.74, 6) is 0. The van der Waals surface area contributed by atoms with Crippen LogP contribution < -0.4 is 10.9 Å². The fourth-order valence-corrected chi connectivity index (χ4v) is 2.06. The zero-order chi connectivity index (χ0) is 14.1. The monoisotopic (exact) mass is 269 g/mol. The van der Waals surface area contributed by atoms with E-state index in [2.05, 4.69) is 0 Å². The number of hydrogen-bond donors (Lipinski definition) is 2. The van der Waals surface area contributed by atoms with E-state index in [9.17, 15) is 10.0 Å². The summed E-state index contributed by atoms with van der Waals surface area (Å²) in [6, 6.07) is 15.1. The minimum Gasteiger partial charge on any atom is -0.595 e. The molecule has 20 heavy (non-hydrogen) atoms. The molecule has 0 fully saturated rings. The first-order chi connectivity index (χ1) is 9.65. The number of quaternary nitrogens is 1. The Hall–Kier alpha value is -2.47. The van der Waals surface area contributed by atoms with Crippen LogP contribution in [0.15, 0.2) is 63.8 Å². The van der Waals surface area contributed by atoms with Gasteiger partial charge in [-0.25, -0.2) is 10.0 Å². The SMILES string of the molecule is O=c1oc2ccccc2cc1-c1ccc([NH+]([O-])O)cc1. The standard InChI is InChI=1S/C15H11NO4/c17-15-13(9-11-3-1-2-4-14(11)20-15)10-5-7-12(8-6-10)16(18)19/h1-9,16,18H. The molecule has 5 nitrogen and oxygen atoms in total. The maximum atomic E-state index is 12.0. The lowest BCUT2D eigenvalue weighted by Gasteiger charge is -2.11. The zero-order valence-electron chi connectivity index (χ0n) is 10.4. The van der Waals surface area contributed by atoms with Crippen molar-refractivity contribution in [3.8, 4) is 11.1 Å². The highest BCUT2D eigenvalue weighted by atomic mass is 16.8. The second-order valence-corrected chi connectivity index (χ2v) is 4.37. The lowest BCUT2D eigenvalue weighted by molar-refractivity contribution is -0.991. The molecule has 0 aliphatic rings. The third-order valence-electron chi connectivity index (χ3n) is 3.08. The van der Waals surface area contributed by atoms with Gasteiger partial charge in [-0.3, -0.25) is 0 Å². The molecule has 1 aromatic heterocycles. The van der Waals surface area contributed by atoms with Gasteiger partial charge in [0.25, 0.3) is 0 Å². The third kappa shape index (κ3) is 2.21. The Bertz CT molecular complexity index is 806. The van der Waals surface area contributed by atoms with Gasteiger partial charge in [0, 0.05) is 17.5 Å². The smallest absolute Gasteiger partial charge is 0.344 e. The number of nitrogens with one attached hydrogen (secondary N) is 1. The molecule has 0 saturated carbocycles. The van der Waals surface area contributed by atoms with Gasteiger partial charge in [0.1, 0.15) is 5.58 Å². The Morgan fingerprint density at radius 1 is 1.05 bits per heavy atom. The van der Waals surface area contributed by atoms with Crippen LogP contribution in [0.2, 0.25) is 0 Å². The maximum Gasteiger partial charge on any atom is 0.344 e. The molecule has 0 bridgehead atoms. The fourth-order valence-electron chi connectivity index (χ4n) is 2.06. The van der Waals surface area contributed by atoms with Crippen molar-refractivity contribution in [2.45, 2.75) is 0 Å². The van der Waals surface area contributed by atoms with Crippen LogP contribution >= 0.6 is 0 Å². The van der Waals surface area contributed by atoms with Crippen LogP contribution in [0.4, 0.5) is 5.69 Å². The van der Waals surface area contributed by atoms with E-state index in [0.29, 0.717) is 16.7 Å². The number of fused-ring (bicyclic) bond motifs is 1. The normalized spacial score (nSPS) is 12.5. The molecule has 0 radical (unpaired) electrons. The quantitative estimate of drug-likeness (QED) is 0.550. The van der Waals surface area contributed by atoms with Crippen LogP contribution in [0.5, 0.6) is 0 Å². The second-order valence-electron chi connectivity index (χ2n) is 4.37. The molecule has 0 saturated heterocycles. The van der Waals surface area contributed by atoms with E-state index < -0.39 is 10.9 Å². The summed E-state index contributed by atoms with van der Waals surface area (Å²) in [4.78, 5) is 12.0. The van der Waals surface area contributed by atoms with Crippen molar-refractivity contribution in [1.29, 1.82) is 0 Å². The molecule has 0 aliphatic carbocycles. The Morgan fingerprint density at radius 3 is 2.45 bits per heavy atom. The molecule has 1 atom stereocenters. The molecule has 0 spiro atoms. The van der Waals surface area contributed by atoms with Gasteiger partial charge in [-0.05, 0) is 29.8 Å². The summed E-state index contributed by atoms with van der Waals surface area (Å²) >= 11 is 0. The van der Waals surface area contributed by atoms with Crippen molar-refractivity contribution < 1.29 is 14.9 Å². The molecule has 0 amide bonds. The van der Waals surface area contributed by atoms with Crippen LogP contribution in [0.1, 0.15) is 0 Å². The first-order valence-corrected chi connectivity index (χ1v) is 6.02. The Morgan fingerprint density at radius 2 is 1.75 bits per heavy atom. The van der Waals surface area contributed by atoms with Gasteiger partial charge in [-0.2, -0.15) is 5.23 Å². The van der Waals surface area contributed by atoms with Crippen molar-refractivity contribution in [2.24, 2.45) is 0 Å². The minimum absolute atomic E-state index is 0.180. The van der Waals surface area contributed by atoms with E-state index in [1.165, 1.54) is 12.1 Å². The maximum absolute atomic E-state index is 12.0. The van der Waals surface area contributed by atoms with Gasteiger partial charge in [0.15, 0.2) is 5.69 Å². The van der Waals surface area contributed by atoms with Crippen molar-refractivity contribution in [3.63, 3.8) is 0 Å². The zero-order valence-corrected chi connectivity index (χ0v) is 10.4. The summed E-state index contributed by atoms with van der Waals surface area (Å²) in [6.07, 6.45) is 0. The average molecular weight is 269 g/mol. The van der Waals surface area contributed by atoms with E-state index >= 15 is 0 Å². The summed E-state index contributed by atoms with van der Waals surface area (Å²) in [7, 11) is 0. The first-order valence-electron chi connectivity index (χ1n) is 6.02. The van der Waals surface area contributed by atoms with E-state index in [-0.39, 0.29) is 5.69 Å². The van der Waals surface area contributed by atoms with E-state index in [0.717, 1.165) is 5.39 Å². The highest BCUT2D eigenvalue weighted by Crippen LogP contribution is 2.21. The minimum atomic E-state index is -0.998. The average Bonchev–Trinajstić information content (AvgIpc) is 2.46. The lowest BCUT2D eigenvalue weighted by atomic mass is 10.1. The highest BCUT2D eigenvalue weighted by Gasteiger charge is 2.08. The largest absolute Gasteiger partial charge is 0.595 e. The topological polar surface area (TPSA) is 77.9 Å². The molecule has 100 valence electrons. The predicted octanol–water partition coefficient (Wildman–Crippen LogP) is 1.86. The van der Waals surface area contributed by atoms with E-state index in [4.69, 9.17) is 9.62 Å². The van der Waals surface area contributed by atoms with Gasteiger partial charge in [-0.15, -0.1) is 0 Å². The van der Waals surface area contributed by atoms with Gasteiger partial charge >= 0.3 is 5.63 Å². The van der Waals surface area contributed by atoms with Crippen LogP contribution in [0.3, 0.4) is 0 Å². The molecule has 3 rings (SSSR count). The molecule has 2 N–H and O–H groups in total. The van der Waals surface area contributed by atoms with Crippen LogP contribution in [-0.4, -0.2) is 5.21 Å². The second kappa shape index (κ2) is 4.90. The summed E-state index contributed by atoms with van der Waals surface area (Å²) in [6.45, 7) is 0. The van der Waals surface area contributed by atoms with Gasteiger partial charge in [0.2, 0.25) is 0 Å². The van der Waals surface area contributed by atoms with Gasteiger partial charge in [0.05, 0.1) is 5.56 Å². The molecular formula is C15H11NO4. The van der Waals surface area contributed by atoms with E-state index in [1.54, 1.807) is 30.3 Å². The molecule has 1 unspecified atom stereocenters. The molecule has 5 heteroatoms. The number of hydrogen-bond acceptors (Lipinski definition) is 4. The van der Waals surface area contributed by atoms with Crippen LogP contribution in [-0.2, 0) is 0 Å². The Labute approximate surface area is 113 Å². The molecule has 3 aromatic rings. The van der Waals surface area contributed by atoms with Crippen molar-refractivity contribution >= 4 is 16.7 Å². The van der Waals surface area contributed by atoms with Crippen molar-refractivity contribution in [3.05, 3.63) is 70.2 Å². The molecule has 1 heterocycles. The fraction of sp³-hybridized carbons (Fsp3) is 0. The van der Waals surface area contributed by atoms with Gasteiger partial charge < -0.3 is 9.62 Å². The summed E-state index contributed by atoms with van der Waals surface area (Å²) in [5.41, 5.74) is 1.32. The molecule has 0 aliphatic heterocycles. The van der Waals surface area contributed by atoms with Gasteiger partial charge in [-0.1, -0.05) is 18.2 Å².